The number of halogens is 2. The van der Waals surface area contributed by atoms with Gasteiger partial charge in [0, 0.05) is 24.2 Å². The Bertz CT molecular complexity index is 877. The van der Waals surface area contributed by atoms with Gasteiger partial charge in [0.1, 0.15) is 24.1 Å². The maximum absolute atomic E-state index is 13.7. The molecule has 1 fully saturated rings. The van der Waals surface area contributed by atoms with Gasteiger partial charge in [-0.25, -0.2) is 4.39 Å². The number of carbonyl (C=O) groups is 2. The van der Waals surface area contributed by atoms with Crippen LogP contribution in [0.3, 0.4) is 0 Å². The molecule has 8 heteroatoms. The zero-order chi connectivity index (χ0) is 20.1. The molecule has 28 heavy (non-hydrogen) atoms. The van der Waals surface area contributed by atoms with Gasteiger partial charge in [0.15, 0.2) is 0 Å². The Hall–Kier alpha value is -2.45. The number of anilines is 2. The maximum atomic E-state index is 13.7. The molecule has 0 radical (unpaired) electrons. The quantitative estimate of drug-likeness (QED) is 0.516. The first-order chi connectivity index (χ1) is 13.5. The average Bonchev–Trinajstić information content (AvgIpc) is 3.05. The van der Waals surface area contributed by atoms with Crippen molar-refractivity contribution < 1.29 is 23.5 Å². The van der Waals surface area contributed by atoms with Crippen molar-refractivity contribution in [2.75, 3.05) is 37.1 Å². The molecule has 2 aromatic rings. The molecule has 6 nitrogen and oxygen atoms in total. The summed E-state index contributed by atoms with van der Waals surface area (Å²) in [6.45, 7) is 1.04. The SMILES string of the molecule is COCCOc1ccc(F)cc1NC(=O)C1CCN(c2ccccc2Br)C1=O. The third kappa shape index (κ3) is 4.51. The lowest BCUT2D eigenvalue weighted by Crippen LogP contribution is -2.33. The average molecular weight is 451 g/mol. The number of amides is 2. The summed E-state index contributed by atoms with van der Waals surface area (Å²) in [5.74, 6) is -1.81. The van der Waals surface area contributed by atoms with Crippen LogP contribution in [-0.2, 0) is 14.3 Å². The lowest BCUT2D eigenvalue weighted by molar-refractivity contribution is -0.129. The van der Waals surface area contributed by atoms with Crippen LogP contribution in [0, 0.1) is 11.7 Å². The Morgan fingerprint density at radius 3 is 2.82 bits per heavy atom. The molecule has 0 bridgehead atoms. The molecule has 0 spiro atoms. The molecule has 148 valence electrons. The second-order valence-electron chi connectivity index (χ2n) is 6.25. The first-order valence-electron chi connectivity index (χ1n) is 8.79. The molecule has 2 amide bonds. The highest BCUT2D eigenvalue weighted by atomic mass is 79.9. The minimum Gasteiger partial charge on any atom is -0.489 e. The van der Waals surface area contributed by atoms with Crippen LogP contribution in [0.5, 0.6) is 5.75 Å². The van der Waals surface area contributed by atoms with E-state index in [0.29, 0.717) is 25.3 Å². The zero-order valence-corrected chi connectivity index (χ0v) is 16.9. The molecule has 1 aliphatic rings. The molecule has 1 N–H and O–H groups in total. The minimum atomic E-state index is -0.845. The number of hydrogen-bond donors (Lipinski definition) is 1. The fraction of sp³-hybridized carbons (Fsp3) is 0.300. The molecule has 2 aromatic carbocycles. The molecule has 1 heterocycles. The van der Waals surface area contributed by atoms with Gasteiger partial charge in [0.05, 0.1) is 18.0 Å². The second kappa shape index (κ2) is 9.16. The van der Waals surface area contributed by atoms with E-state index in [2.05, 4.69) is 21.2 Å². The molecule has 1 saturated heterocycles. The van der Waals surface area contributed by atoms with Gasteiger partial charge in [0.2, 0.25) is 11.8 Å². The first kappa shape index (κ1) is 20.3. The third-order valence-electron chi connectivity index (χ3n) is 4.41. The summed E-state index contributed by atoms with van der Waals surface area (Å²) in [7, 11) is 1.54. The summed E-state index contributed by atoms with van der Waals surface area (Å²) in [6, 6.07) is 11.2. The zero-order valence-electron chi connectivity index (χ0n) is 15.3. The Labute approximate surface area is 170 Å². The molecular weight excluding hydrogens is 431 g/mol. The van der Waals surface area contributed by atoms with Crippen LogP contribution in [-0.4, -0.2) is 38.7 Å². The summed E-state index contributed by atoms with van der Waals surface area (Å²) in [5, 5.41) is 2.63. The van der Waals surface area contributed by atoms with Crippen LogP contribution >= 0.6 is 15.9 Å². The number of hydrogen-bond acceptors (Lipinski definition) is 4. The van der Waals surface area contributed by atoms with E-state index >= 15 is 0 Å². The van der Waals surface area contributed by atoms with E-state index in [1.165, 1.54) is 18.2 Å². The molecule has 0 aliphatic carbocycles. The van der Waals surface area contributed by atoms with Crippen molar-refractivity contribution in [2.24, 2.45) is 5.92 Å². The lowest BCUT2D eigenvalue weighted by atomic mass is 10.1. The van der Waals surface area contributed by atoms with E-state index in [-0.39, 0.29) is 18.2 Å². The van der Waals surface area contributed by atoms with E-state index in [0.717, 1.165) is 10.2 Å². The topological polar surface area (TPSA) is 67.9 Å². The summed E-state index contributed by atoms with van der Waals surface area (Å²) < 4.78 is 24.9. The second-order valence-corrected chi connectivity index (χ2v) is 7.11. The van der Waals surface area contributed by atoms with Gasteiger partial charge in [-0.3, -0.25) is 9.59 Å². The van der Waals surface area contributed by atoms with Gasteiger partial charge < -0.3 is 19.7 Å². The molecule has 1 atom stereocenters. The van der Waals surface area contributed by atoms with Crippen molar-refractivity contribution in [3.05, 3.63) is 52.8 Å². The minimum absolute atomic E-state index is 0.188. The third-order valence-corrected chi connectivity index (χ3v) is 5.08. The predicted molar refractivity (Wildman–Crippen MR) is 107 cm³/mol. The Balaban J connectivity index is 1.73. The number of para-hydroxylation sites is 1. The summed E-state index contributed by atoms with van der Waals surface area (Å²) in [5.41, 5.74) is 0.908. The maximum Gasteiger partial charge on any atom is 0.239 e. The largest absolute Gasteiger partial charge is 0.489 e. The van der Waals surface area contributed by atoms with Gasteiger partial charge in [0.25, 0.3) is 0 Å². The highest BCUT2D eigenvalue weighted by Crippen LogP contribution is 2.32. The molecule has 1 unspecified atom stereocenters. The monoisotopic (exact) mass is 450 g/mol. The van der Waals surface area contributed by atoms with Gasteiger partial charge >= 0.3 is 0 Å². The van der Waals surface area contributed by atoms with Crippen LogP contribution in [0.1, 0.15) is 6.42 Å². The van der Waals surface area contributed by atoms with E-state index in [1.807, 2.05) is 24.3 Å². The van der Waals surface area contributed by atoms with Gasteiger partial charge in [-0.1, -0.05) is 12.1 Å². The highest BCUT2D eigenvalue weighted by molar-refractivity contribution is 9.10. The summed E-state index contributed by atoms with van der Waals surface area (Å²) in [4.78, 5) is 27.1. The fourth-order valence-electron chi connectivity index (χ4n) is 3.01. The van der Waals surface area contributed by atoms with E-state index in [4.69, 9.17) is 9.47 Å². The van der Waals surface area contributed by atoms with Crippen molar-refractivity contribution in [1.29, 1.82) is 0 Å². The van der Waals surface area contributed by atoms with Crippen LogP contribution in [0.25, 0.3) is 0 Å². The Morgan fingerprint density at radius 1 is 1.29 bits per heavy atom. The van der Waals surface area contributed by atoms with Crippen molar-refractivity contribution in [3.63, 3.8) is 0 Å². The van der Waals surface area contributed by atoms with Gasteiger partial charge in [-0.05, 0) is 46.6 Å². The number of nitrogens with zero attached hydrogens (tertiary/aromatic N) is 1. The molecule has 0 aromatic heterocycles. The first-order valence-corrected chi connectivity index (χ1v) is 9.58. The van der Waals surface area contributed by atoms with Crippen LogP contribution in [0.2, 0.25) is 0 Å². The molecule has 0 saturated carbocycles. The van der Waals surface area contributed by atoms with Crippen LogP contribution in [0.4, 0.5) is 15.8 Å². The molecular formula is C20H20BrFN2O4. The predicted octanol–water partition coefficient (Wildman–Crippen LogP) is 3.61. The van der Waals surface area contributed by atoms with E-state index in [9.17, 15) is 14.0 Å². The number of nitrogens with one attached hydrogen (secondary N) is 1. The standard InChI is InChI=1S/C20H20BrFN2O4/c1-27-10-11-28-18-7-6-13(22)12-16(18)23-19(25)14-8-9-24(20(14)26)17-5-3-2-4-15(17)21/h2-7,12,14H,8-11H2,1H3,(H,23,25). The number of methoxy groups -OCH3 is 1. The lowest BCUT2D eigenvalue weighted by Gasteiger charge is -2.18. The van der Waals surface area contributed by atoms with Crippen molar-refractivity contribution in [3.8, 4) is 5.75 Å². The number of benzene rings is 2. The van der Waals surface area contributed by atoms with Crippen molar-refractivity contribution in [2.45, 2.75) is 6.42 Å². The van der Waals surface area contributed by atoms with E-state index in [1.54, 1.807) is 12.0 Å². The summed E-state index contributed by atoms with van der Waals surface area (Å²) in [6.07, 6.45) is 0.376. The van der Waals surface area contributed by atoms with Crippen LogP contribution < -0.4 is 15.0 Å². The van der Waals surface area contributed by atoms with Crippen LogP contribution in [0.15, 0.2) is 46.9 Å². The number of carbonyl (C=O) groups excluding carboxylic acids is 2. The molecule has 1 aliphatic heterocycles. The number of ether oxygens (including phenoxy) is 2. The van der Waals surface area contributed by atoms with Gasteiger partial charge in [-0.15, -0.1) is 0 Å². The smallest absolute Gasteiger partial charge is 0.239 e. The normalized spacial score (nSPS) is 16.3. The Morgan fingerprint density at radius 2 is 2.07 bits per heavy atom. The molecule has 3 rings (SSSR count). The van der Waals surface area contributed by atoms with Crippen molar-refractivity contribution >= 4 is 39.1 Å². The van der Waals surface area contributed by atoms with E-state index < -0.39 is 17.6 Å². The summed E-state index contributed by atoms with van der Waals surface area (Å²) >= 11 is 3.43. The highest BCUT2D eigenvalue weighted by Gasteiger charge is 2.38. The van der Waals surface area contributed by atoms with Crippen molar-refractivity contribution in [1.82, 2.24) is 0 Å². The van der Waals surface area contributed by atoms with Gasteiger partial charge in [-0.2, -0.15) is 0 Å². The number of rotatable bonds is 7. The fourth-order valence-corrected chi connectivity index (χ4v) is 3.51. The Kier molecular flexibility index (Phi) is 6.64.